The molecule has 0 bridgehead atoms. The third-order valence-corrected chi connectivity index (χ3v) is 4.60. The van der Waals surface area contributed by atoms with Gasteiger partial charge < -0.3 is 10.1 Å². The number of aromatic nitrogens is 2. The third kappa shape index (κ3) is 3.04. The van der Waals surface area contributed by atoms with Crippen molar-refractivity contribution in [3.05, 3.63) is 26.6 Å². The number of unbranched alkanes of at least 4 members (excludes halogenated alkanes) is 3. The van der Waals surface area contributed by atoms with Gasteiger partial charge in [0.05, 0.1) is 5.39 Å². The van der Waals surface area contributed by atoms with Gasteiger partial charge in [0.1, 0.15) is 17.3 Å². The van der Waals surface area contributed by atoms with Crippen molar-refractivity contribution < 1.29 is 5.11 Å². The molecule has 0 saturated carbocycles. The molecular weight excluding hydrogens is 260 g/mol. The fourth-order valence-electron chi connectivity index (χ4n) is 2.26. The second kappa shape index (κ2) is 6.30. The number of nitrogens with one attached hydrogen (secondary N) is 1. The van der Waals surface area contributed by atoms with Gasteiger partial charge in [-0.1, -0.05) is 26.2 Å². The Hall–Kier alpha value is -1.20. The number of hydrogen-bond acceptors (Lipinski definition) is 4. The number of nitrogens with zero attached hydrogens (tertiary/aromatic N) is 1. The van der Waals surface area contributed by atoms with Gasteiger partial charge in [-0.15, -0.1) is 11.3 Å². The van der Waals surface area contributed by atoms with Crippen LogP contribution in [0.15, 0.2) is 4.79 Å². The summed E-state index contributed by atoms with van der Waals surface area (Å²) in [7, 11) is 0. The lowest BCUT2D eigenvalue weighted by Crippen LogP contribution is -2.11. The molecular formula is C14H20N2O2S. The van der Waals surface area contributed by atoms with Crippen molar-refractivity contribution in [2.45, 2.75) is 52.6 Å². The lowest BCUT2D eigenvalue weighted by Gasteiger charge is -1.99. The Morgan fingerprint density at radius 2 is 2.11 bits per heavy atom. The van der Waals surface area contributed by atoms with Crippen LogP contribution in [-0.2, 0) is 13.0 Å². The molecule has 0 fully saturated rings. The topological polar surface area (TPSA) is 66.0 Å². The van der Waals surface area contributed by atoms with Crippen LogP contribution in [-0.4, -0.2) is 15.1 Å². The quantitative estimate of drug-likeness (QED) is 0.800. The van der Waals surface area contributed by atoms with Crippen LogP contribution in [0.5, 0.6) is 0 Å². The lowest BCUT2D eigenvalue weighted by atomic mass is 10.1. The summed E-state index contributed by atoms with van der Waals surface area (Å²) in [5, 5.41) is 9.76. The van der Waals surface area contributed by atoms with Gasteiger partial charge >= 0.3 is 0 Å². The summed E-state index contributed by atoms with van der Waals surface area (Å²) in [5.74, 6) is 0.344. The maximum absolute atomic E-state index is 12.0. The number of aryl methyl sites for hydroxylation is 2. The Morgan fingerprint density at radius 3 is 2.79 bits per heavy atom. The fraction of sp³-hybridized carbons (Fsp3) is 0.571. The van der Waals surface area contributed by atoms with Gasteiger partial charge in [-0.05, 0) is 25.3 Å². The van der Waals surface area contributed by atoms with Gasteiger partial charge in [-0.3, -0.25) is 4.79 Å². The highest BCUT2D eigenvalue weighted by Gasteiger charge is 2.13. The van der Waals surface area contributed by atoms with Crippen LogP contribution in [0.25, 0.3) is 10.2 Å². The van der Waals surface area contributed by atoms with E-state index in [-0.39, 0.29) is 12.2 Å². The summed E-state index contributed by atoms with van der Waals surface area (Å²) in [6.07, 6.45) is 5.90. The van der Waals surface area contributed by atoms with Crippen LogP contribution in [0, 0.1) is 6.92 Å². The van der Waals surface area contributed by atoms with E-state index in [0.717, 1.165) is 23.2 Å². The molecule has 0 aliphatic heterocycles. The van der Waals surface area contributed by atoms with Gasteiger partial charge in [-0.2, -0.15) is 0 Å². The number of hydrogen-bond donors (Lipinski definition) is 2. The van der Waals surface area contributed by atoms with Gasteiger partial charge in [0.25, 0.3) is 5.56 Å². The summed E-state index contributed by atoms with van der Waals surface area (Å²) in [6, 6.07) is 0. The van der Waals surface area contributed by atoms with Crippen molar-refractivity contribution in [3.63, 3.8) is 0 Å². The summed E-state index contributed by atoms with van der Waals surface area (Å²) >= 11 is 1.58. The van der Waals surface area contributed by atoms with E-state index in [2.05, 4.69) is 16.9 Å². The van der Waals surface area contributed by atoms with Gasteiger partial charge in [-0.25, -0.2) is 4.98 Å². The van der Waals surface area contributed by atoms with E-state index in [4.69, 9.17) is 5.11 Å². The minimum atomic E-state index is -0.228. The van der Waals surface area contributed by atoms with Crippen LogP contribution in [0.4, 0.5) is 0 Å². The molecule has 2 heterocycles. The van der Waals surface area contributed by atoms with Gasteiger partial charge in [0, 0.05) is 4.88 Å². The molecule has 2 aromatic rings. The number of aliphatic hydroxyl groups is 1. The molecule has 19 heavy (non-hydrogen) atoms. The van der Waals surface area contributed by atoms with E-state index >= 15 is 0 Å². The lowest BCUT2D eigenvalue weighted by molar-refractivity contribution is 0.271. The first-order valence-corrected chi connectivity index (χ1v) is 7.61. The molecule has 2 N–H and O–H groups in total. The molecule has 0 amide bonds. The largest absolute Gasteiger partial charge is 0.388 e. The molecule has 2 rings (SSSR count). The fourth-order valence-corrected chi connectivity index (χ4v) is 3.50. The van der Waals surface area contributed by atoms with Crippen molar-refractivity contribution in [1.82, 2.24) is 9.97 Å². The normalized spacial score (nSPS) is 11.3. The number of rotatable bonds is 6. The predicted molar refractivity (Wildman–Crippen MR) is 78.7 cm³/mol. The molecule has 104 valence electrons. The number of thiophene rings is 1. The molecule has 0 unspecified atom stereocenters. The minimum Gasteiger partial charge on any atom is -0.388 e. The maximum atomic E-state index is 12.0. The summed E-state index contributed by atoms with van der Waals surface area (Å²) in [4.78, 5) is 20.9. The number of fused-ring (bicyclic) bond motifs is 1. The molecule has 2 aromatic heterocycles. The number of H-pyrrole nitrogens is 1. The zero-order valence-electron chi connectivity index (χ0n) is 11.5. The molecule has 0 spiro atoms. The Balaban J connectivity index is 2.29. The van der Waals surface area contributed by atoms with Crippen molar-refractivity contribution in [2.75, 3.05) is 0 Å². The average molecular weight is 280 g/mol. The Labute approximate surface area is 116 Å². The maximum Gasteiger partial charge on any atom is 0.259 e. The Kier molecular flexibility index (Phi) is 4.71. The molecule has 5 heteroatoms. The third-order valence-electron chi connectivity index (χ3n) is 3.36. The number of aliphatic hydroxyl groups excluding tert-OH is 1. The first-order valence-electron chi connectivity index (χ1n) is 6.79. The van der Waals surface area contributed by atoms with Crippen LogP contribution in [0.3, 0.4) is 0 Å². The SMILES string of the molecule is CCCCCCc1sc2nc(CO)[nH]c(=O)c2c1C. The highest BCUT2D eigenvalue weighted by Crippen LogP contribution is 2.28. The van der Waals surface area contributed by atoms with E-state index in [1.807, 2.05) is 6.92 Å². The Morgan fingerprint density at radius 1 is 1.32 bits per heavy atom. The zero-order chi connectivity index (χ0) is 13.8. The average Bonchev–Trinajstić information content (AvgIpc) is 2.72. The second-order valence-corrected chi connectivity index (χ2v) is 5.90. The van der Waals surface area contributed by atoms with Crippen LogP contribution < -0.4 is 5.56 Å². The van der Waals surface area contributed by atoms with Crippen LogP contribution in [0.1, 0.15) is 48.9 Å². The first kappa shape index (κ1) is 14.2. The first-order chi connectivity index (χ1) is 9.17. The van der Waals surface area contributed by atoms with E-state index in [9.17, 15) is 4.79 Å². The smallest absolute Gasteiger partial charge is 0.259 e. The molecule has 0 aliphatic rings. The Bertz CT molecular complexity index is 616. The molecule has 0 atom stereocenters. The van der Waals surface area contributed by atoms with Crippen LogP contribution >= 0.6 is 11.3 Å². The molecule has 0 saturated heterocycles. The summed E-state index contributed by atoms with van der Waals surface area (Å²) in [6.45, 7) is 3.96. The van der Waals surface area contributed by atoms with Crippen molar-refractivity contribution in [2.24, 2.45) is 0 Å². The predicted octanol–water partition coefficient (Wildman–Crippen LogP) is 2.91. The van der Waals surface area contributed by atoms with Gasteiger partial charge in [0.2, 0.25) is 0 Å². The molecule has 0 aliphatic carbocycles. The summed E-state index contributed by atoms with van der Waals surface area (Å²) in [5.41, 5.74) is 0.914. The monoisotopic (exact) mass is 280 g/mol. The highest BCUT2D eigenvalue weighted by atomic mass is 32.1. The van der Waals surface area contributed by atoms with E-state index in [0.29, 0.717) is 11.2 Å². The van der Waals surface area contributed by atoms with Crippen molar-refractivity contribution in [1.29, 1.82) is 0 Å². The standard InChI is InChI=1S/C14H20N2O2S/c1-3-4-5-6-7-10-9(2)12-13(18)15-11(8-17)16-14(12)19-10/h17H,3-8H2,1-2H3,(H,15,16,18). The second-order valence-electron chi connectivity index (χ2n) is 4.81. The van der Waals surface area contributed by atoms with Gasteiger partial charge in [0.15, 0.2) is 0 Å². The molecule has 4 nitrogen and oxygen atoms in total. The van der Waals surface area contributed by atoms with E-state index in [1.54, 1.807) is 11.3 Å². The zero-order valence-corrected chi connectivity index (χ0v) is 12.3. The van der Waals surface area contributed by atoms with Crippen LogP contribution in [0.2, 0.25) is 0 Å². The molecule has 0 aromatic carbocycles. The minimum absolute atomic E-state index is 0.136. The summed E-state index contributed by atoms with van der Waals surface area (Å²) < 4.78 is 0. The number of aromatic amines is 1. The van der Waals surface area contributed by atoms with Crippen molar-refractivity contribution >= 4 is 21.6 Å². The van der Waals surface area contributed by atoms with E-state index < -0.39 is 0 Å². The highest BCUT2D eigenvalue weighted by molar-refractivity contribution is 7.18. The van der Waals surface area contributed by atoms with E-state index in [1.165, 1.54) is 24.1 Å². The van der Waals surface area contributed by atoms with Crippen molar-refractivity contribution in [3.8, 4) is 0 Å². The molecule has 0 radical (unpaired) electrons.